The Balaban J connectivity index is 2.81. The van der Waals surface area contributed by atoms with E-state index in [2.05, 4.69) is 9.47 Å². The van der Waals surface area contributed by atoms with Crippen LogP contribution in [-0.2, 0) is 4.74 Å². The van der Waals surface area contributed by atoms with Gasteiger partial charge in [-0.1, -0.05) is 18.2 Å². The highest BCUT2D eigenvalue weighted by molar-refractivity contribution is 5.21. The van der Waals surface area contributed by atoms with Crippen molar-refractivity contribution >= 4 is 0 Å². The molecule has 0 spiro atoms. The van der Waals surface area contributed by atoms with Crippen molar-refractivity contribution in [2.45, 2.75) is 12.2 Å². The lowest BCUT2D eigenvalue weighted by atomic mass is 10.3. The Kier molecular flexibility index (Phi) is 3.18. The van der Waals surface area contributed by atoms with Crippen LogP contribution in [0.4, 0.5) is 17.6 Å². The Hall–Kier alpha value is -1.30. The summed E-state index contributed by atoms with van der Waals surface area (Å²) in [5.41, 5.74) is 0. The third-order valence-corrected chi connectivity index (χ3v) is 1.58. The zero-order chi connectivity index (χ0) is 11.5. The van der Waals surface area contributed by atoms with Gasteiger partial charge in [-0.15, -0.1) is 0 Å². The summed E-state index contributed by atoms with van der Waals surface area (Å²) in [4.78, 5) is 0. The molecule has 6 heteroatoms. The molecule has 2 nitrogen and oxygen atoms in total. The van der Waals surface area contributed by atoms with Crippen LogP contribution in [0.25, 0.3) is 0 Å². The molecule has 15 heavy (non-hydrogen) atoms. The van der Waals surface area contributed by atoms with Crippen LogP contribution in [0.2, 0.25) is 0 Å². The molecule has 0 atom stereocenters. The summed E-state index contributed by atoms with van der Waals surface area (Å²) in [6, 6.07) is 6.59. The van der Waals surface area contributed by atoms with Crippen LogP contribution in [0, 0.1) is 0 Å². The van der Waals surface area contributed by atoms with E-state index in [9.17, 15) is 17.6 Å². The molecule has 0 amide bonds. The van der Waals surface area contributed by atoms with Gasteiger partial charge in [0.2, 0.25) is 0 Å². The minimum Gasteiger partial charge on any atom is -0.426 e. The second-order valence-electron chi connectivity index (χ2n) is 2.65. The van der Waals surface area contributed by atoms with Gasteiger partial charge in [-0.2, -0.15) is 17.6 Å². The Labute approximate surface area is 83.4 Å². The third kappa shape index (κ3) is 2.59. The lowest BCUT2D eigenvalue weighted by Crippen LogP contribution is -2.46. The lowest BCUT2D eigenvalue weighted by molar-refractivity contribution is -0.400. The van der Waals surface area contributed by atoms with Crippen molar-refractivity contribution in [1.29, 1.82) is 0 Å². The van der Waals surface area contributed by atoms with E-state index in [-0.39, 0.29) is 5.75 Å². The highest BCUT2D eigenvalue weighted by Gasteiger charge is 2.60. The molecule has 0 saturated carbocycles. The van der Waals surface area contributed by atoms with Crippen molar-refractivity contribution in [2.75, 3.05) is 7.11 Å². The van der Waals surface area contributed by atoms with Gasteiger partial charge in [0.05, 0.1) is 0 Å². The average Bonchev–Trinajstić information content (AvgIpc) is 2.18. The van der Waals surface area contributed by atoms with E-state index in [0.717, 1.165) is 12.1 Å². The van der Waals surface area contributed by atoms with Gasteiger partial charge >= 0.3 is 12.2 Å². The molecule has 0 fully saturated rings. The Morgan fingerprint density at radius 3 is 1.93 bits per heavy atom. The van der Waals surface area contributed by atoms with Gasteiger partial charge in [-0.25, -0.2) is 0 Å². The molecule has 0 bridgehead atoms. The topological polar surface area (TPSA) is 18.5 Å². The van der Waals surface area contributed by atoms with Gasteiger partial charge in [0, 0.05) is 7.11 Å². The number of para-hydroxylation sites is 1. The van der Waals surface area contributed by atoms with Crippen molar-refractivity contribution in [3.63, 3.8) is 0 Å². The quantitative estimate of drug-likeness (QED) is 0.732. The molecule has 84 valence electrons. The maximum atomic E-state index is 12.8. The molecule has 0 radical (unpaired) electrons. The van der Waals surface area contributed by atoms with Gasteiger partial charge in [-0.05, 0) is 12.1 Å². The predicted octanol–water partition coefficient (Wildman–Crippen LogP) is 2.90. The molecule has 1 aromatic carbocycles. The molecule has 0 aliphatic rings. The molecule has 0 N–H and O–H groups in total. The Morgan fingerprint density at radius 2 is 1.47 bits per heavy atom. The van der Waals surface area contributed by atoms with Crippen LogP contribution >= 0.6 is 0 Å². The SMILES string of the molecule is COC(F)(F)C(F)(F)Oc1ccccc1. The Morgan fingerprint density at radius 1 is 0.933 bits per heavy atom. The van der Waals surface area contributed by atoms with Crippen LogP contribution in [0.5, 0.6) is 5.75 Å². The summed E-state index contributed by atoms with van der Waals surface area (Å²) in [5.74, 6) is -0.362. The fourth-order valence-corrected chi connectivity index (χ4v) is 0.815. The minimum absolute atomic E-state index is 0.362. The van der Waals surface area contributed by atoms with Crippen molar-refractivity contribution in [1.82, 2.24) is 0 Å². The van der Waals surface area contributed by atoms with Gasteiger partial charge < -0.3 is 9.47 Å². The van der Waals surface area contributed by atoms with Gasteiger partial charge in [0.1, 0.15) is 5.75 Å². The van der Waals surface area contributed by atoms with E-state index < -0.39 is 12.2 Å². The molecule has 0 saturated heterocycles. The van der Waals surface area contributed by atoms with E-state index >= 15 is 0 Å². The van der Waals surface area contributed by atoms with Crippen LogP contribution in [0.1, 0.15) is 0 Å². The van der Waals surface area contributed by atoms with Gasteiger partial charge in [-0.3, -0.25) is 0 Å². The van der Waals surface area contributed by atoms with Crippen LogP contribution in [0.15, 0.2) is 30.3 Å². The first kappa shape index (κ1) is 11.8. The van der Waals surface area contributed by atoms with Gasteiger partial charge in [0.25, 0.3) is 0 Å². The lowest BCUT2D eigenvalue weighted by Gasteiger charge is -2.24. The highest BCUT2D eigenvalue weighted by atomic mass is 19.3. The molecule has 0 unspecified atom stereocenters. The standard InChI is InChI=1S/C9H8F4O2/c1-14-8(10,11)9(12,13)15-7-5-3-2-4-6-7/h2-6H,1H3. The van der Waals surface area contributed by atoms with Crippen molar-refractivity contribution in [3.05, 3.63) is 30.3 Å². The zero-order valence-corrected chi connectivity index (χ0v) is 7.72. The van der Waals surface area contributed by atoms with E-state index in [0.29, 0.717) is 7.11 Å². The highest BCUT2D eigenvalue weighted by Crippen LogP contribution is 2.36. The van der Waals surface area contributed by atoms with E-state index in [1.807, 2.05) is 0 Å². The number of ether oxygens (including phenoxy) is 2. The van der Waals surface area contributed by atoms with Crippen molar-refractivity contribution in [3.8, 4) is 5.75 Å². The first-order valence-electron chi connectivity index (χ1n) is 3.94. The number of alkyl halides is 4. The molecular weight excluding hydrogens is 216 g/mol. The number of rotatable bonds is 4. The maximum absolute atomic E-state index is 12.8. The summed E-state index contributed by atoms with van der Waals surface area (Å²) in [7, 11) is 0.474. The fourth-order valence-electron chi connectivity index (χ4n) is 0.815. The molecule has 0 aliphatic heterocycles. The van der Waals surface area contributed by atoms with E-state index in [1.165, 1.54) is 12.1 Å². The van der Waals surface area contributed by atoms with Crippen LogP contribution < -0.4 is 4.74 Å². The number of hydrogen-bond donors (Lipinski definition) is 0. The monoisotopic (exact) mass is 224 g/mol. The summed E-state index contributed by atoms with van der Waals surface area (Å²) in [6.07, 6.45) is -9.37. The maximum Gasteiger partial charge on any atom is 0.494 e. The molecule has 0 aliphatic carbocycles. The zero-order valence-electron chi connectivity index (χ0n) is 7.72. The first-order valence-corrected chi connectivity index (χ1v) is 3.94. The predicted molar refractivity (Wildman–Crippen MR) is 44.0 cm³/mol. The second-order valence-corrected chi connectivity index (χ2v) is 2.65. The number of methoxy groups -OCH3 is 1. The average molecular weight is 224 g/mol. The number of hydrogen-bond acceptors (Lipinski definition) is 2. The fraction of sp³-hybridized carbons (Fsp3) is 0.333. The summed E-state index contributed by atoms with van der Waals surface area (Å²) in [5, 5.41) is 0. The normalized spacial score (nSPS) is 12.6. The summed E-state index contributed by atoms with van der Waals surface area (Å²) >= 11 is 0. The molecule has 0 heterocycles. The van der Waals surface area contributed by atoms with Crippen LogP contribution in [0.3, 0.4) is 0 Å². The molecule has 1 aromatic rings. The smallest absolute Gasteiger partial charge is 0.426 e. The summed E-state index contributed by atoms with van der Waals surface area (Å²) in [6.45, 7) is 0. The number of benzene rings is 1. The first-order chi connectivity index (χ1) is 6.89. The minimum atomic E-state index is -4.71. The molecule has 1 rings (SSSR count). The van der Waals surface area contributed by atoms with Crippen molar-refractivity contribution in [2.24, 2.45) is 0 Å². The summed E-state index contributed by atoms with van der Waals surface area (Å²) < 4.78 is 57.8. The second kappa shape index (κ2) is 4.06. The van der Waals surface area contributed by atoms with Crippen LogP contribution in [-0.4, -0.2) is 19.3 Å². The third-order valence-electron chi connectivity index (χ3n) is 1.58. The van der Waals surface area contributed by atoms with E-state index in [4.69, 9.17) is 0 Å². The number of halogens is 4. The molecular formula is C9H8F4O2. The largest absolute Gasteiger partial charge is 0.494 e. The van der Waals surface area contributed by atoms with Crippen molar-refractivity contribution < 1.29 is 27.0 Å². The Bertz CT molecular complexity index is 313. The van der Waals surface area contributed by atoms with Gasteiger partial charge in [0.15, 0.2) is 0 Å². The van der Waals surface area contributed by atoms with E-state index in [1.54, 1.807) is 6.07 Å². The molecule has 0 aromatic heterocycles.